The molecule has 0 amide bonds. The summed E-state index contributed by atoms with van der Waals surface area (Å²) in [5, 5.41) is 0. The maximum atomic E-state index is 12.3. The van der Waals surface area contributed by atoms with Crippen molar-refractivity contribution in [3.63, 3.8) is 0 Å². The van der Waals surface area contributed by atoms with E-state index in [1.807, 2.05) is 12.1 Å². The SMILES string of the molecule is COc1cc(-c2ccc[nH]2)[nH]c1C=Nc1cccc(OC(F)(F)F)c1. The lowest BCUT2D eigenvalue weighted by Crippen LogP contribution is -2.16. The average Bonchev–Trinajstić information content (AvgIpc) is 3.20. The topological polar surface area (TPSA) is 62.4 Å². The predicted molar refractivity (Wildman–Crippen MR) is 87.5 cm³/mol. The zero-order valence-electron chi connectivity index (χ0n) is 13.1. The van der Waals surface area contributed by atoms with Crippen molar-refractivity contribution < 1.29 is 22.6 Å². The number of nitrogens with one attached hydrogen (secondary N) is 2. The van der Waals surface area contributed by atoms with Crippen LogP contribution in [0.1, 0.15) is 5.69 Å². The Morgan fingerprint density at radius 2 is 1.92 bits per heavy atom. The third-order valence-electron chi connectivity index (χ3n) is 3.31. The predicted octanol–water partition coefficient (Wildman–Crippen LogP) is 4.67. The maximum absolute atomic E-state index is 12.3. The van der Waals surface area contributed by atoms with Crippen LogP contribution in [-0.2, 0) is 0 Å². The number of ether oxygens (including phenoxy) is 2. The lowest BCUT2D eigenvalue weighted by molar-refractivity contribution is -0.274. The molecule has 2 heterocycles. The largest absolute Gasteiger partial charge is 0.573 e. The molecule has 0 saturated heterocycles. The number of aromatic nitrogens is 2. The first kappa shape index (κ1) is 16.7. The molecule has 0 atom stereocenters. The number of aliphatic imine (C=N–C) groups is 1. The highest BCUT2D eigenvalue weighted by Crippen LogP contribution is 2.28. The number of H-pyrrole nitrogens is 2. The van der Waals surface area contributed by atoms with E-state index >= 15 is 0 Å². The van der Waals surface area contributed by atoms with E-state index in [2.05, 4.69) is 19.7 Å². The fourth-order valence-corrected chi connectivity index (χ4v) is 2.26. The van der Waals surface area contributed by atoms with Gasteiger partial charge in [0.15, 0.2) is 0 Å². The van der Waals surface area contributed by atoms with Gasteiger partial charge in [0.25, 0.3) is 0 Å². The molecule has 3 aromatic rings. The summed E-state index contributed by atoms with van der Waals surface area (Å²) in [6.07, 6.45) is -1.46. The minimum atomic E-state index is -4.74. The van der Waals surface area contributed by atoms with E-state index in [9.17, 15) is 13.2 Å². The Morgan fingerprint density at radius 1 is 1.08 bits per heavy atom. The fourth-order valence-electron chi connectivity index (χ4n) is 2.26. The minimum Gasteiger partial charge on any atom is -0.494 e. The van der Waals surface area contributed by atoms with Crippen LogP contribution in [0.2, 0.25) is 0 Å². The molecule has 130 valence electrons. The molecule has 0 saturated carbocycles. The van der Waals surface area contributed by atoms with Gasteiger partial charge in [-0.15, -0.1) is 13.2 Å². The third kappa shape index (κ3) is 4.23. The van der Waals surface area contributed by atoms with Gasteiger partial charge in [0.05, 0.1) is 36.1 Å². The van der Waals surface area contributed by atoms with Gasteiger partial charge in [-0.2, -0.15) is 0 Å². The summed E-state index contributed by atoms with van der Waals surface area (Å²) in [6, 6.07) is 11.0. The Hall–Kier alpha value is -3.16. The molecule has 0 fully saturated rings. The van der Waals surface area contributed by atoms with Gasteiger partial charge in [0.2, 0.25) is 0 Å². The van der Waals surface area contributed by atoms with Gasteiger partial charge >= 0.3 is 6.36 Å². The average molecular weight is 349 g/mol. The number of benzene rings is 1. The molecule has 2 N–H and O–H groups in total. The van der Waals surface area contributed by atoms with Crippen LogP contribution in [0.15, 0.2) is 53.7 Å². The highest BCUT2D eigenvalue weighted by atomic mass is 19.4. The van der Waals surface area contributed by atoms with Crippen molar-refractivity contribution in [2.75, 3.05) is 7.11 Å². The minimum absolute atomic E-state index is 0.319. The number of hydrogen-bond acceptors (Lipinski definition) is 3. The van der Waals surface area contributed by atoms with E-state index < -0.39 is 6.36 Å². The molecule has 2 aromatic heterocycles. The van der Waals surface area contributed by atoms with Crippen molar-refractivity contribution in [2.45, 2.75) is 6.36 Å². The zero-order chi connectivity index (χ0) is 17.9. The van der Waals surface area contributed by atoms with E-state index in [0.29, 0.717) is 17.1 Å². The summed E-state index contributed by atoms with van der Waals surface area (Å²) < 4.78 is 46.0. The summed E-state index contributed by atoms with van der Waals surface area (Å²) in [4.78, 5) is 10.4. The Bertz CT molecular complexity index is 868. The Kier molecular flexibility index (Phi) is 4.51. The highest BCUT2D eigenvalue weighted by Gasteiger charge is 2.31. The highest BCUT2D eigenvalue weighted by molar-refractivity contribution is 5.85. The molecule has 0 bridgehead atoms. The Labute approximate surface area is 141 Å². The molecule has 1 aromatic carbocycles. The molecule has 0 radical (unpaired) electrons. The molecule has 0 spiro atoms. The number of alkyl halides is 3. The second-order valence-corrected chi connectivity index (χ2v) is 5.05. The van der Waals surface area contributed by atoms with Crippen LogP contribution >= 0.6 is 0 Å². The molecule has 25 heavy (non-hydrogen) atoms. The lowest BCUT2D eigenvalue weighted by atomic mass is 10.3. The number of methoxy groups -OCH3 is 1. The van der Waals surface area contributed by atoms with Crippen LogP contribution in [0.5, 0.6) is 11.5 Å². The van der Waals surface area contributed by atoms with Gasteiger partial charge in [-0.25, -0.2) is 0 Å². The smallest absolute Gasteiger partial charge is 0.494 e. The van der Waals surface area contributed by atoms with E-state index in [0.717, 1.165) is 11.4 Å². The molecule has 0 aliphatic rings. The Morgan fingerprint density at radius 3 is 2.60 bits per heavy atom. The molecular formula is C17H14F3N3O2. The van der Waals surface area contributed by atoms with Gasteiger partial charge in [0.1, 0.15) is 11.5 Å². The number of aromatic amines is 2. The van der Waals surface area contributed by atoms with Crippen molar-refractivity contribution in [3.05, 3.63) is 54.4 Å². The lowest BCUT2D eigenvalue weighted by Gasteiger charge is -2.08. The van der Waals surface area contributed by atoms with Gasteiger partial charge in [0, 0.05) is 18.3 Å². The summed E-state index contributed by atoms with van der Waals surface area (Å²) in [7, 11) is 1.52. The zero-order valence-corrected chi connectivity index (χ0v) is 13.1. The van der Waals surface area contributed by atoms with E-state index in [4.69, 9.17) is 4.74 Å². The molecule has 0 aliphatic heterocycles. The van der Waals surface area contributed by atoms with Crippen LogP contribution in [0, 0.1) is 0 Å². The van der Waals surface area contributed by atoms with Gasteiger partial charge in [-0.3, -0.25) is 4.99 Å². The van der Waals surface area contributed by atoms with Crippen molar-refractivity contribution in [3.8, 4) is 22.9 Å². The van der Waals surface area contributed by atoms with Crippen LogP contribution in [0.3, 0.4) is 0 Å². The number of nitrogens with zero attached hydrogens (tertiary/aromatic N) is 1. The van der Waals surface area contributed by atoms with Crippen molar-refractivity contribution in [1.82, 2.24) is 9.97 Å². The molecule has 5 nitrogen and oxygen atoms in total. The van der Waals surface area contributed by atoms with E-state index in [1.54, 1.807) is 18.3 Å². The second-order valence-electron chi connectivity index (χ2n) is 5.05. The maximum Gasteiger partial charge on any atom is 0.573 e. The summed E-state index contributed by atoms with van der Waals surface area (Å²) in [6.45, 7) is 0. The summed E-state index contributed by atoms with van der Waals surface area (Å²) >= 11 is 0. The van der Waals surface area contributed by atoms with Crippen molar-refractivity contribution in [2.24, 2.45) is 4.99 Å². The van der Waals surface area contributed by atoms with E-state index in [-0.39, 0.29) is 5.75 Å². The molecular weight excluding hydrogens is 335 g/mol. The van der Waals surface area contributed by atoms with Gasteiger partial charge in [-0.1, -0.05) is 6.07 Å². The third-order valence-corrected chi connectivity index (χ3v) is 3.31. The normalized spacial score (nSPS) is 11.8. The van der Waals surface area contributed by atoms with Crippen molar-refractivity contribution >= 4 is 11.9 Å². The van der Waals surface area contributed by atoms with Crippen LogP contribution < -0.4 is 9.47 Å². The van der Waals surface area contributed by atoms with Gasteiger partial charge < -0.3 is 19.4 Å². The summed E-state index contributed by atoms with van der Waals surface area (Å²) in [5.41, 5.74) is 2.59. The Balaban J connectivity index is 1.83. The fraction of sp³-hybridized carbons (Fsp3) is 0.118. The van der Waals surface area contributed by atoms with Crippen LogP contribution in [0.4, 0.5) is 18.9 Å². The quantitative estimate of drug-likeness (QED) is 0.658. The number of halogens is 3. The first-order valence-corrected chi connectivity index (χ1v) is 7.25. The number of rotatable bonds is 5. The first-order chi connectivity index (χ1) is 11.9. The molecule has 3 rings (SSSR count). The van der Waals surface area contributed by atoms with Gasteiger partial charge in [-0.05, 0) is 24.3 Å². The monoisotopic (exact) mass is 349 g/mol. The van der Waals surface area contributed by atoms with Crippen molar-refractivity contribution in [1.29, 1.82) is 0 Å². The molecule has 0 aliphatic carbocycles. The standard InChI is InChI=1S/C17H14F3N3O2/c1-24-16-9-14(13-6-3-7-21-13)23-15(16)10-22-11-4-2-5-12(8-11)25-17(18,19)20/h2-10,21,23H,1H3. The second kappa shape index (κ2) is 6.76. The molecule has 0 unspecified atom stereocenters. The van der Waals surface area contributed by atoms with E-state index in [1.165, 1.54) is 31.5 Å². The van der Waals surface area contributed by atoms with Crippen LogP contribution in [0.25, 0.3) is 11.4 Å². The molecule has 8 heteroatoms. The first-order valence-electron chi connectivity index (χ1n) is 7.25. The number of hydrogen-bond donors (Lipinski definition) is 2. The van der Waals surface area contributed by atoms with Crippen LogP contribution in [-0.4, -0.2) is 29.7 Å². The summed E-state index contributed by atoms with van der Waals surface area (Å²) in [5.74, 6) is 0.240.